The first-order chi connectivity index (χ1) is 14.9. The molecule has 0 spiro atoms. The second-order valence-electron chi connectivity index (χ2n) is 7.33. The van der Waals surface area contributed by atoms with Gasteiger partial charge in [-0.1, -0.05) is 25.1 Å². The minimum atomic E-state index is -4.77. The molecule has 0 saturated carbocycles. The van der Waals surface area contributed by atoms with Crippen molar-refractivity contribution in [2.45, 2.75) is 37.4 Å². The number of carbonyl (C=O) groups is 1. The summed E-state index contributed by atoms with van der Waals surface area (Å²) in [4.78, 5) is 15.9. The van der Waals surface area contributed by atoms with Crippen molar-refractivity contribution in [2.24, 2.45) is 0 Å². The Balaban J connectivity index is 1.92. The molecule has 2 aromatic carbocycles. The summed E-state index contributed by atoms with van der Waals surface area (Å²) in [5.74, 6) is -1.62. The Kier molecular flexibility index (Phi) is 6.61. The standard InChI is InChI=1S/C21H23F3N4O3S/c1-4-14-7-5-6-8-16(14)25-19(29)11-12-28-18-10-9-15(32(30,31)27(2)3)13-17(18)26-20(28)21(22,23)24/h5-10,13H,4,11-12H2,1-3H3,(H,25,29). The van der Waals surface area contributed by atoms with Crippen molar-refractivity contribution in [3.05, 3.63) is 53.9 Å². The van der Waals surface area contributed by atoms with Crippen LogP contribution >= 0.6 is 0 Å². The molecule has 0 aliphatic heterocycles. The molecule has 172 valence electrons. The third kappa shape index (κ3) is 4.78. The minimum Gasteiger partial charge on any atom is -0.326 e. The Bertz CT molecular complexity index is 1250. The maximum atomic E-state index is 13.6. The third-order valence-electron chi connectivity index (χ3n) is 4.99. The van der Waals surface area contributed by atoms with Crippen molar-refractivity contribution in [2.75, 3.05) is 19.4 Å². The van der Waals surface area contributed by atoms with E-state index in [2.05, 4.69) is 10.3 Å². The molecule has 0 atom stereocenters. The molecular formula is C21H23F3N4O3S. The van der Waals surface area contributed by atoms with Crippen LogP contribution in [-0.4, -0.2) is 42.3 Å². The lowest BCUT2D eigenvalue weighted by molar-refractivity contribution is -0.147. The molecule has 1 heterocycles. The predicted molar refractivity (Wildman–Crippen MR) is 115 cm³/mol. The summed E-state index contributed by atoms with van der Waals surface area (Å²) in [5.41, 5.74) is 1.51. The molecule has 3 rings (SSSR count). The van der Waals surface area contributed by atoms with Gasteiger partial charge in [0.2, 0.25) is 21.8 Å². The molecule has 0 aliphatic carbocycles. The lowest BCUT2D eigenvalue weighted by atomic mass is 10.1. The number of hydrogen-bond acceptors (Lipinski definition) is 4. The summed E-state index contributed by atoms with van der Waals surface area (Å²) in [6, 6.07) is 10.8. The van der Waals surface area contributed by atoms with Crippen molar-refractivity contribution in [3.63, 3.8) is 0 Å². The summed E-state index contributed by atoms with van der Waals surface area (Å²) in [7, 11) is -1.18. The highest BCUT2D eigenvalue weighted by Gasteiger charge is 2.38. The molecule has 0 bridgehead atoms. The number of sulfonamides is 1. The van der Waals surface area contributed by atoms with Gasteiger partial charge in [-0.25, -0.2) is 17.7 Å². The molecule has 0 saturated heterocycles. The second-order valence-corrected chi connectivity index (χ2v) is 9.48. The summed E-state index contributed by atoms with van der Waals surface area (Å²) in [6.07, 6.45) is -4.30. The highest BCUT2D eigenvalue weighted by molar-refractivity contribution is 7.89. The molecule has 7 nitrogen and oxygen atoms in total. The Morgan fingerprint density at radius 2 is 1.84 bits per heavy atom. The largest absolute Gasteiger partial charge is 0.449 e. The van der Waals surface area contributed by atoms with Crippen molar-refractivity contribution >= 4 is 32.7 Å². The number of benzene rings is 2. The van der Waals surface area contributed by atoms with E-state index < -0.39 is 27.9 Å². The molecule has 1 amide bonds. The smallest absolute Gasteiger partial charge is 0.326 e. The van der Waals surface area contributed by atoms with Crippen LogP contribution in [0.15, 0.2) is 47.4 Å². The Morgan fingerprint density at radius 1 is 1.16 bits per heavy atom. The van der Waals surface area contributed by atoms with E-state index in [1.165, 1.54) is 26.2 Å². The van der Waals surface area contributed by atoms with Crippen molar-refractivity contribution in [1.29, 1.82) is 0 Å². The number of aromatic nitrogens is 2. The van der Waals surface area contributed by atoms with Crippen LogP contribution in [0.1, 0.15) is 24.7 Å². The Morgan fingerprint density at radius 3 is 2.47 bits per heavy atom. The van der Waals surface area contributed by atoms with Crippen LogP contribution in [0.5, 0.6) is 0 Å². The summed E-state index contributed by atoms with van der Waals surface area (Å²) in [5, 5.41) is 2.73. The van der Waals surface area contributed by atoms with Gasteiger partial charge in [-0.2, -0.15) is 13.2 Å². The summed E-state index contributed by atoms with van der Waals surface area (Å²) >= 11 is 0. The zero-order chi connectivity index (χ0) is 23.7. The molecule has 0 unspecified atom stereocenters. The van der Waals surface area contributed by atoms with E-state index in [-0.39, 0.29) is 28.9 Å². The lowest BCUT2D eigenvalue weighted by Gasteiger charge is -2.13. The van der Waals surface area contributed by atoms with Crippen LogP contribution in [-0.2, 0) is 34.0 Å². The minimum absolute atomic E-state index is 0.0942. The quantitative estimate of drug-likeness (QED) is 0.570. The number of halogens is 3. The van der Waals surface area contributed by atoms with Gasteiger partial charge in [-0.15, -0.1) is 0 Å². The molecule has 3 aromatic rings. The highest BCUT2D eigenvalue weighted by atomic mass is 32.2. The molecule has 0 fully saturated rings. The van der Waals surface area contributed by atoms with E-state index in [1.807, 2.05) is 19.1 Å². The molecule has 1 aromatic heterocycles. The Hall–Kier alpha value is -2.92. The number of nitrogens with zero attached hydrogens (tertiary/aromatic N) is 3. The van der Waals surface area contributed by atoms with Crippen molar-refractivity contribution in [3.8, 4) is 0 Å². The number of nitrogens with one attached hydrogen (secondary N) is 1. The number of hydrogen-bond donors (Lipinski definition) is 1. The second kappa shape index (κ2) is 8.91. The number of para-hydroxylation sites is 1. The number of amides is 1. The van der Waals surface area contributed by atoms with Gasteiger partial charge in [-0.05, 0) is 36.2 Å². The summed E-state index contributed by atoms with van der Waals surface area (Å²) < 4.78 is 67.3. The molecular weight excluding hydrogens is 445 g/mol. The fourth-order valence-electron chi connectivity index (χ4n) is 3.30. The molecule has 0 aliphatic rings. The number of aryl methyl sites for hydroxylation is 2. The maximum Gasteiger partial charge on any atom is 0.449 e. The third-order valence-corrected chi connectivity index (χ3v) is 6.80. The van der Waals surface area contributed by atoms with Gasteiger partial charge < -0.3 is 9.88 Å². The van der Waals surface area contributed by atoms with Crippen LogP contribution in [0.4, 0.5) is 18.9 Å². The number of imidazole rings is 1. The van der Waals surface area contributed by atoms with Crippen LogP contribution in [0.25, 0.3) is 11.0 Å². The average Bonchev–Trinajstić information content (AvgIpc) is 3.11. The maximum absolute atomic E-state index is 13.6. The fourth-order valence-corrected chi connectivity index (χ4v) is 4.22. The van der Waals surface area contributed by atoms with Crippen LogP contribution in [0.2, 0.25) is 0 Å². The van der Waals surface area contributed by atoms with Crippen molar-refractivity contribution in [1.82, 2.24) is 13.9 Å². The lowest BCUT2D eigenvalue weighted by Crippen LogP contribution is -2.22. The molecule has 1 N–H and O–H groups in total. The predicted octanol–water partition coefficient (Wildman–Crippen LogP) is 3.90. The SMILES string of the molecule is CCc1ccccc1NC(=O)CCn1c(C(F)(F)F)nc2cc(S(=O)(=O)N(C)C)ccc21. The normalized spacial score (nSPS) is 12.5. The monoisotopic (exact) mass is 468 g/mol. The Labute approximate surface area is 183 Å². The topological polar surface area (TPSA) is 84.3 Å². The molecule has 0 radical (unpaired) electrons. The van der Waals surface area contributed by atoms with Gasteiger partial charge in [0.05, 0.1) is 15.9 Å². The zero-order valence-electron chi connectivity index (χ0n) is 17.8. The van der Waals surface area contributed by atoms with E-state index >= 15 is 0 Å². The average molecular weight is 469 g/mol. The van der Waals surface area contributed by atoms with Gasteiger partial charge in [0, 0.05) is 32.7 Å². The number of anilines is 1. The molecule has 11 heteroatoms. The van der Waals surface area contributed by atoms with Gasteiger partial charge >= 0.3 is 6.18 Å². The van der Waals surface area contributed by atoms with E-state index in [4.69, 9.17) is 0 Å². The first kappa shape index (κ1) is 23.7. The first-order valence-corrected chi connectivity index (χ1v) is 11.3. The van der Waals surface area contributed by atoms with Gasteiger partial charge in [0.15, 0.2) is 0 Å². The first-order valence-electron chi connectivity index (χ1n) is 9.83. The zero-order valence-corrected chi connectivity index (χ0v) is 18.6. The van der Waals surface area contributed by atoms with E-state index in [9.17, 15) is 26.4 Å². The summed E-state index contributed by atoms with van der Waals surface area (Å²) in [6.45, 7) is 1.66. The van der Waals surface area contributed by atoms with Crippen LogP contribution < -0.4 is 5.32 Å². The molecule has 32 heavy (non-hydrogen) atoms. The number of rotatable bonds is 7. The van der Waals surface area contributed by atoms with E-state index in [0.29, 0.717) is 12.1 Å². The van der Waals surface area contributed by atoms with Gasteiger partial charge in [0.1, 0.15) is 0 Å². The number of fused-ring (bicyclic) bond motifs is 1. The number of alkyl halides is 3. The van der Waals surface area contributed by atoms with Crippen LogP contribution in [0, 0.1) is 0 Å². The van der Waals surface area contributed by atoms with E-state index in [0.717, 1.165) is 20.5 Å². The highest BCUT2D eigenvalue weighted by Crippen LogP contribution is 2.32. The number of carbonyl (C=O) groups excluding carboxylic acids is 1. The van der Waals surface area contributed by atoms with E-state index in [1.54, 1.807) is 12.1 Å². The van der Waals surface area contributed by atoms with Crippen molar-refractivity contribution < 1.29 is 26.4 Å². The van der Waals surface area contributed by atoms with Gasteiger partial charge in [-0.3, -0.25) is 4.79 Å². The van der Waals surface area contributed by atoms with Crippen LogP contribution in [0.3, 0.4) is 0 Å². The van der Waals surface area contributed by atoms with Gasteiger partial charge in [0.25, 0.3) is 0 Å². The fraction of sp³-hybridized carbons (Fsp3) is 0.333.